The van der Waals surface area contributed by atoms with E-state index in [1.807, 2.05) is 0 Å². The summed E-state index contributed by atoms with van der Waals surface area (Å²) in [4.78, 5) is 12.2. The van der Waals surface area contributed by atoms with E-state index in [4.69, 9.17) is 19.3 Å². The molecule has 0 spiro atoms. The second-order valence-corrected chi connectivity index (χ2v) is 4.42. The molecular formula is C16H21N3O2. The first-order valence-electron chi connectivity index (χ1n) is 13.0. The number of H-pyrrole nitrogens is 1. The summed E-state index contributed by atoms with van der Waals surface area (Å²) in [5.41, 5.74) is -0.347. The molecule has 0 unspecified atom stereocenters. The highest BCUT2D eigenvalue weighted by atomic mass is 16.6. The minimum absolute atomic E-state index is 0.00316. The number of amides is 1. The van der Waals surface area contributed by atoms with Crippen molar-refractivity contribution in [2.75, 3.05) is 27.1 Å². The molecule has 5 heteroatoms. The van der Waals surface area contributed by atoms with Crippen molar-refractivity contribution in [1.29, 1.82) is 0 Å². The van der Waals surface area contributed by atoms with E-state index in [-0.39, 0.29) is 26.7 Å². The second-order valence-electron chi connectivity index (χ2n) is 4.42. The minimum atomic E-state index is -3.19. The minimum Gasteiger partial charge on any atom is -0.447 e. The van der Waals surface area contributed by atoms with E-state index in [2.05, 4.69) is 4.74 Å². The van der Waals surface area contributed by atoms with Gasteiger partial charge in [-0.15, -0.1) is 0 Å². The van der Waals surface area contributed by atoms with Gasteiger partial charge in [0.15, 0.2) is 2.82 Å². The maximum Gasteiger partial charge on any atom is 0.407 e. The molecule has 1 saturated heterocycles. The number of hydrogen-bond donors (Lipinski definition) is 2. The molecule has 2 heterocycles. The molecule has 1 aliphatic rings. The quantitative estimate of drug-likeness (QED) is 0.887. The zero-order chi connectivity index (χ0) is 26.9. The summed E-state index contributed by atoms with van der Waals surface area (Å²) in [6.45, 7) is -10.4. The Morgan fingerprint density at radius 3 is 3.38 bits per heavy atom. The van der Waals surface area contributed by atoms with Gasteiger partial charge in [-0.2, -0.15) is 0 Å². The number of ether oxygens (including phenoxy) is 1. The van der Waals surface area contributed by atoms with Crippen LogP contribution in [0.3, 0.4) is 0 Å². The number of alkyl carbamates (subject to hydrolysis) is 1. The molecule has 1 atom stereocenters. The van der Waals surface area contributed by atoms with Crippen LogP contribution in [-0.4, -0.2) is 49.0 Å². The summed E-state index contributed by atoms with van der Waals surface area (Å²) in [6.07, 6.45) is -5.37. The fourth-order valence-electron chi connectivity index (χ4n) is 1.99. The topological polar surface area (TPSA) is 57.4 Å². The summed E-state index contributed by atoms with van der Waals surface area (Å²) < 4.78 is 114. The average Bonchev–Trinajstić information content (AvgIpc) is 3.01. The van der Waals surface area contributed by atoms with Crippen LogP contribution in [-0.2, 0) is 17.5 Å². The van der Waals surface area contributed by atoms with Crippen molar-refractivity contribution in [3.05, 3.63) is 35.5 Å². The van der Waals surface area contributed by atoms with E-state index in [1.165, 1.54) is 18.2 Å². The number of nitrogens with zero attached hydrogens (tertiary/aromatic N) is 1. The molecule has 1 amide bonds. The molecule has 0 saturated carbocycles. The zero-order valence-electron chi connectivity index (χ0n) is 24.8. The second kappa shape index (κ2) is 5.77. The summed E-state index contributed by atoms with van der Waals surface area (Å²) in [6, 6.07) is 1.34. The van der Waals surface area contributed by atoms with Crippen LogP contribution in [0.5, 0.6) is 0 Å². The average molecular weight is 301 g/mol. The summed E-state index contributed by atoms with van der Waals surface area (Å²) >= 11 is 0. The number of nitrogens with one attached hydrogen (secondary N) is 2. The van der Waals surface area contributed by atoms with Gasteiger partial charge in [-0.25, -0.2) is 4.79 Å². The Kier molecular flexibility index (Phi) is 1.38. The Hall–Kier alpha value is -2.01. The lowest BCUT2D eigenvalue weighted by Crippen LogP contribution is -2.28. The molecule has 0 bridgehead atoms. The van der Waals surface area contributed by atoms with Gasteiger partial charge >= 0.3 is 6.09 Å². The number of cyclic esters (lactones) is 1. The Labute approximate surface area is 144 Å². The number of benzene rings is 1. The first-order valence-corrected chi connectivity index (χ1v) is 6.07. The zero-order valence-corrected chi connectivity index (χ0v) is 10.8. The number of fused-ring (bicyclic) bond motifs is 1. The number of rotatable bonds is 5. The van der Waals surface area contributed by atoms with Crippen LogP contribution in [0.4, 0.5) is 4.79 Å². The van der Waals surface area contributed by atoms with Crippen LogP contribution in [0.15, 0.2) is 24.4 Å². The predicted molar refractivity (Wildman–Crippen MR) is 82.5 cm³/mol. The molecule has 1 aromatic carbocycles. The summed E-state index contributed by atoms with van der Waals surface area (Å²) in [5, 5.41) is -0.0394. The Morgan fingerprint density at radius 2 is 2.62 bits per heavy atom. The van der Waals surface area contributed by atoms with Crippen LogP contribution in [0.25, 0.3) is 10.9 Å². The first-order chi connectivity index (χ1) is 15.6. The maximum atomic E-state index is 11.7. The number of carbonyl (C=O) groups excluding carboxylic acids is 1. The van der Waals surface area contributed by atoms with Gasteiger partial charge in [-0.3, -0.25) is 0 Å². The van der Waals surface area contributed by atoms with Crippen molar-refractivity contribution in [2.24, 2.45) is 0 Å². The summed E-state index contributed by atoms with van der Waals surface area (Å²) in [7, 11) is 0. The van der Waals surface area contributed by atoms with E-state index < -0.39 is 63.7 Å². The lowest BCUT2D eigenvalue weighted by atomic mass is 10.0. The molecule has 112 valence electrons. The third kappa shape index (κ3) is 3.19. The molecule has 1 aliphatic heterocycles. The van der Waals surface area contributed by atoms with Crippen molar-refractivity contribution in [1.82, 2.24) is 15.2 Å². The van der Waals surface area contributed by atoms with Gasteiger partial charge in [0.1, 0.15) is 6.56 Å². The van der Waals surface area contributed by atoms with E-state index >= 15 is 0 Å². The number of hydrogen-bond acceptors (Lipinski definition) is 3. The van der Waals surface area contributed by atoms with Crippen molar-refractivity contribution >= 4 is 17.0 Å². The van der Waals surface area contributed by atoms with Gasteiger partial charge in [0.2, 0.25) is 0 Å². The lowest BCUT2D eigenvalue weighted by molar-refractivity contribution is 0.177. The fourth-order valence-corrected chi connectivity index (χ4v) is 1.99. The van der Waals surface area contributed by atoms with Crippen LogP contribution < -0.4 is 5.31 Å². The monoisotopic (exact) mass is 301 g/mol. The van der Waals surface area contributed by atoms with Crippen molar-refractivity contribution in [2.45, 2.75) is 18.8 Å². The highest BCUT2D eigenvalue weighted by molar-refractivity contribution is 5.84. The van der Waals surface area contributed by atoms with E-state index in [0.29, 0.717) is 4.98 Å². The third-order valence-corrected chi connectivity index (χ3v) is 2.89. The standard InChI is InChI=1S/C16H21N3O2/c1-19(2)6-5-12-9-17-15-4-3-11(8-14(12)15)7-13-10-21-16(20)18-13/h3-4,8-9,13,17H,5-7,10H2,1-2H3,(H,18,20)/t13-/m0/s1/i1D3,2D3,5D2,9D,10D2,13D/hD2. The van der Waals surface area contributed by atoms with Gasteiger partial charge in [0, 0.05) is 34.6 Å². The van der Waals surface area contributed by atoms with Gasteiger partial charge < -0.3 is 19.9 Å². The first kappa shape index (κ1) is 5.02. The molecule has 0 radical (unpaired) electrons. The predicted octanol–water partition coefficient (Wildman–Crippen LogP) is 1.92. The third-order valence-electron chi connectivity index (χ3n) is 2.89. The Morgan fingerprint density at radius 1 is 1.71 bits per heavy atom. The molecule has 2 aromatic rings. The normalized spacial score (nSPS) is 36.2. The molecule has 5 nitrogen and oxygen atoms in total. The van der Waals surface area contributed by atoms with Crippen LogP contribution in [0.1, 0.15) is 27.6 Å². The number of aromatic amines is 1. The molecule has 2 N–H and O–H groups in total. The smallest absolute Gasteiger partial charge is 0.407 e. The molecule has 1 fully saturated rings. The largest absolute Gasteiger partial charge is 0.447 e. The SMILES string of the molecule is [2H]c1c(C([2H])([2H])CN(C([2H])([2H])[2H])C([2H])([2H])[2H])c2cc(C[C@]3([2H])N([2H])C(=O)OC3([2H])[2H])ccc2n1[2H]. The molecule has 21 heavy (non-hydrogen) atoms. The van der Waals surface area contributed by atoms with Gasteiger partial charge in [0.05, 0.1) is 11.5 Å². The van der Waals surface area contributed by atoms with Crippen molar-refractivity contribution in [3.8, 4) is 0 Å². The fraction of sp³-hybridized carbons (Fsp3) is 0.438. The molecule has 0 aliphatic carbocycles. The highest BCUT2D eigenvalue weighted by Gasteiger charge is 2.22. The van der Waals surface area contributed by atoms with Crippen molar-refractivity contribution in [3.63, 3.8) is 0 Å². The van der Waals surface area contributed by atoms with Crippen LogP contribution in [0, 0.1) is 0 Å². The van der Waals surface area contributed by atoms with Crippen molar-refractivity contribution < 1.29 is 28.8 Å². The van der Waals surface area contributed by atoms with E-state index in [0.717, 1.165) is 0 Å². The van der Waals surface area contributed by atoms with Crippen LogP contribution >= 0.6 is 0 Å². The number of aromatic nitrogens is 1. The number of carbonyl (C=O) groups is 1. The number of likely N-dealkylation sites (N-methyl/N-ethyl adjacent to an activating group) is 1. The highest BCUT2D eigenvalue weighted by Crippen LogP contribution is 2.21. The lowest BCUT2D eigenvalue weighted by Gasteiger charge is -2.09. The van der Waals surface area contributed by atoms with Gasteiger partial charge in [0.25, 0.3) is 0 Å². The molecule has 3 rings (SSSR count). The summed E-state index contributed by atoms with van der Waals surface area (Å²) in [5.74, 6) is 0. The molecule has 1 aromatic heterocycles. The van der Waals surface area contributed by atoms with E-state index in [1.54, 1.807) is 0 Å². The maximum absolute atomic E-state index is 11.7. The molecular weight excluding hydrogens is 266 g/mol. The van der Waals surface area contributed by atoms with Crippen LogP contribution in [0.2, 0.25) is 2.82 Å². The Balaban J connectivity index is 2.12. The van der Waals surface area contributed by atoms with E-state index in [9.17, 15) is 4.79 Å². The van der Waals surface area contributed by atoms with Gasteiger partial charge in [-0.1, -0.05) is 6.07 Å². The van der Waals surface area contributed by atoms with Gasteiger partial charge in [-0.05, 0) is 50.0 Å². The Bertz CT molecular complexity index is 1140.